The van der Waals surface area contributed by atoms with Gasteiger partial charge < -0.3 is 4.90 Å². The second kappa shape index (κ2) is 9.75. The maximum absolute atomic E-state index is 12.5. The molecule has 0 radical (unpaired) electrons. The van der Waals surface area contributed by atoms with E-state index in [0.717, 1.165) is 22.0 Å². The van der Waals surface area contributed by atoms with Gasteiger partial charge in [-0.1, -0.05) is 70.2 Å². The number of carbonyl (C=O) groups excluding carboxylic acids is 1. The van der Waals surface area contributed by atoms with Crippen LogP contribution in [0.2, 0.25) is 0 Å². The lowest BCUT2D eigenvalue weighted by Gasteiger charge is -2.17. The minimum absolute atomic E-state index is 0.0158. The number of thioether (sulfide) groups is 1. The zero-order valence-corrected chi connectivity index (χ0v) is 17.9. The molecule has 0 saturated carbocycles. The molecule has 2 aromatic carbocycles. The number of benzene rings is 2. The van der Waals surface area contributed by atoms with Gasteiger partial charge in [0.05, 0.1) is 5.75 Å². The lowest BCUT2D eigenvalue weighted by Crippen LogP contribution is -2.28. The molecule has 3 aromatic rings. The van der Waals surface area contributed by atoms with E-state index in [1.165, 1.54) is 11.8 Å². The average Bonchev–Trinajstić information content (AvgIpc) is 3.06. The lowest BCUT2D eigenvalue weighted by molar-refractivity contribution is -0.127. The first-order chi connectivity index (χ1) is 13.5. The fourth-order valence-corrected chi connectivity index (χ4v) is 3.86. The van der Waals surface area contributed by atoms with Crippen molar-refractivity contribution in [2.45, 2.75) is 24.7 Å². The van der Waals surface area contributed by atoms with Crippen LogP contribution in [0.15, 0.2) is 69.0 Å². The van der Waals surface area contributed by atoms with Gasteiger partial charge >= 0.3 is 5.69 Å². The van der Waals surface area contributed by atoms with E-state index in [2.05, 4.69) is 26.1 Å². The van der Waals surface area contributed by atoms with Crippen molar-refractivity contribution in [3.63, 3.8) is 0 Å². The van der Waals surface area contributed by atoms with Crippen molar-refractivity contribution in [1.29, 1.82) is 0 Å². The molecule has 28 heavy (non-hydrogen) atoms. The van der Waals surface area contributed by atoms with Gasteiger partial charge in [-0.2, -0.15) is 0 Å². The van der Waals surface area contributed by atoms with Gasteiger partial charge in [0.2, 0.25) is 5.91 Å². The molecular formula is C20H21BrN4O2S. The van der Waals surface area contributed by atoms with Crippen molar-refractivity contribution in [2.24, 2.45) is 0 Å². The van der Waals surface area contributed by atoms with E-state index in [4.69, 9.17) is 0 Å². The maximum Gasteiger partial charge on any atom is 0.343 e. The smallest absolute Gasteiger partial charge is 0.341 e. The fourth-order valence-electron chi connectivity index (χ4n) is 2.68. The number of aryl methyl sites for hydroxylation is 1. The van der Waals surface area contributed by atoms with Crippen LogP contribution in [0.25, 0.3) is 0 Å². The Morgan fingerprint density at radius 2 is 1.86 bits per heavy atom. The highest BCUT2D eigenvalue weighted by molar-refractivity contribution is 9.10. The third-order valence-electron chi connectivity index (χ3n) is 4.27. The first-order valence-electron chi connectivity index (χ1n) is 8.83. The van der Waals surface area contributed by atoms with Gasteiger partial charge in [0.25, 0.3) is 0 Å². The first-order valence-corrected chi connectivity index (χ1v) is 10.6. The molecule has 1 heterocycles. The first kappa shape index (κ1) is 20.4. The van der Waals surface area contributed by atoms with Gasteiger partial charge in [0.1, 0.15) is 0 Å². The third-order valence-corrected chi connectivity index (χ3v) is 5.76. The molecule has 3 rings (SSSR count). The normalized spacial score (nSPS) is 10.8. The van der Waals surface area contributed by atoms with E-state index in [9.17, 15) is 9.59 Å². The average molecular weight is 461 g/mol. The van der Waals surface area contributed by atoms with E-state index in [1.807, 2.05) is 54.6 Å². The van der Waals surface area contributed by atoms with E-state index in [-0.39, 0.29) is 17.3 Å². The Morgan fingerprint density at radius 3 is 2.57 bits per heavy atom. The van der Waals surface area contributed by atoms with Gasteiger partial charge in [-0.05, 0) is 29.7 Å². The Hall–Kier alpha value is -2.32. The highest BCUT2D eigenvalue weighted by Crippen LogP contribution is 2.16. The Kier molecular flexibility index (Phi) is 7.11. The Labute approximate surface area is 176 Å². The minimum Gasteiger partial charge on any atom is -0.341 e. The standard InChI is InChI=1S/C20H21BrN4O2S/c1-24(13-16-7-9-17(21)10-8-16)18(26)14-28-20-23-22-19(27)25(20)12-11-15-5-3-2-4-6-15/h2-10H,11-14H2,1H3,(H,22,27). The summed E-state index contributed by atoms with van der Waals surface area (Å²) in [7, 11) is 1.78. The monoisotopic (exact) mass is 460 g/mol. The summed E-state index contributed by atoms with van der Waals surface area (Å²) in [4.78, 5) is 26.2. The number of nitrogens with zero attached hydrogens (tertiary/aromatic N) is 3. The molecule has 146 valence electrons. The van der Waals surface area contributed by atoms with Crippen LogP contribution in [0.4, 0.5) is 0 Å². The summed E-state index contributed by atoms with van der Waals surface area (Å²) in [6, 6.07) is 17.8. The number of carbonyl (C=O) groups is 1. The summed E-state index contributed by atoms with van der Waals surface area (Å²) < 4.78 is 2.59. The topological polar surface area (TPSA) is 71.0 Å². The number of amides is 1. The summed E-state index contributed by atoms with van der Waals surface area (Å²) in [5.74, 6) is 0.209. The molecule has 0 aliphatic heterocycles. The quantitative estimate of drug-likeness (QED) is 0.523. The molecular weight excluding hydrogens is 440 g/mol. The SMILES string of the molecule is CN(Cc1ccc(Br)cc1)C(=O)CSc1n[nH]c(=O)n1CCc1ccccc1. The van der Waals surface area contributed by atoms with Crippen molar-refractivity contribution >= 4 is 33.6 Å². The van der Waals surface area contributed by atoms with E-state index < -0.39 is 0 Å². The van der Waals surface area contributed by atoms with Gasteiger partial charge in [-0.15, -0.1) is 5.10 Å². The predicted octanol–water partition coefficient (Wildman–Crippen LogP) is 3.33. The number of hydrogen-bond donors (Lipinski definition) is 1. The lowest BCUT2D eigenvalue weighted by atomic mass is 10.1. The van der Waals surface area contributed by atoms with Crippen LogP contribution in [0, 0.1) is 0 Å². The van der Waals surface area contributed by atoms with Crippen molar-refractivity contribution in [3.05, 3.63) is 80.7 Å². The number of aromatic nitrogens is 3. The van der Waals surface area contributed by atoms with Crippen molar-refractivity contribution in [2.75, 3.05) is 12.8 Å². The van der Waals surface area contributed by atoms with Gasteiger partial charge in [0.15, 0.2) is 5.16 Å². The van der Waals surface area contributed by atoms with E-state index >= 15 is 0 Å². The number of nitrogens with one attached hydrogen (secondary N) is 1. The van der Waals surface area contributed by atoms with Crippen molar-refractivity contribution in [3.8, 4) is 0 Å². The molecule has 0 spiro atoms. The van der Waals surface area contributed by atoms with Gasteiger partial charge in [0, 0.05) is 24.6 Å². The number of aromatic amines is 1. The number of H-pyrrole nitrogens is 1. The molecule has 0 fully saturated rings. The molecule has 6 nitrogen and oxygen atoms in total. The molecule has 0 aliphatic carbocycles. The largest absolute Gasteiger partial charge is 0.343 e. The summed E-state index contributed by atoms with van der Waals surface area (Å²) >= 11 is 4.68. The number of rotatable bonds is 8. The molecule has 1 N–H and O–H groups in total. The summed E-state index contributed by atoms with van der Waals surface area (Å²) in [5.41, 5.74) is 1.95. The molecule has 0 atom stereocenters. The van der Waals surface area contributed by atoms with E-state index in [0.29, 0.717) is 18.2 Å². The molecule has 0 aliphatic rings. The molecule has 0 unspecified atom stereocenters. The molecule has 1 amide bonds. The van der Waals surface area contributed by atoms with Gasteiger partial charge in [-0.3, -0.25) is 9.36 Å². The van der Waals surface area contributed by atoms with Crippen LogP contribution >= 0.6 is 27.7 Å². The van der Waals surface area contributed by atoms with Crippen LogP contribution in [-0.2, 0) is 24.3 Å². The Balaban J connectivity index is 1.55. The molecule has 1 aromatic heterocycles. The highest BCUT2D eigenvalue weighted by Gasteiger charge is 2.14. The van der Waals surface area contributed by atoms with E-state index in [1.54, 1.807) is 16.5 Å². The third kappa shape index (κ3) is 5.59. The summed E-state index contributed by atoms with van der Waals surface area (Å²) in [6.45, 7) is 1.05. The predicted molar refractivity (Wildman–Crippen MR) is 114 cm³/mol. The minimum atomic E-state index is -0.255. The molecule has 0 saturated heterocycles. The maximum atomic E-state index is 12.5. The molecule has 8 heteroatoms. The van der Waals surface area contributed by atoms with Crippen LogP contribution in [0.3, 0.4) is 0 Å². The molecule has 0 bridgehead atoms. The number of hydrogen-bond acceptors (Lipinski definition) is 4. The second-order valence-electron chi connectivity index (χ2n) is 6.36. The fraction of sp³-hybridized carbons (Fsp3) is 0.250. The Bertz CT molecular complexity index is 970. The van der Waals surface area contributed by atoms with Crippen LogP contribution in [0.1, 0.15) is 11.1 Å². The highest BCUT2D eigenvalue weighted by atomic mass is 79.9. The van der Waals surface area contributed by atoms with Crippen LogP contribution < -0.4 is 5.69 Å². The Morgan fingerprint density at radius 1 is 1.14 bits per heavy atom. The van der Waals surface area contributed by atoms with Crippen molar-refractivity contribution < 1.29 is 4.79 Å². The second-order valence-corrected chi connectivity index (χ2v) is 8.22. The summed E-state index contributed by atoms with van der Waals surface area (Å²) in [5, 5.41) is 7.08. The summed E-state index contributed by atoms with van der Waals surface area (Å²) in [6.07, 6.45) is 0.727. The van der Waals surface area contributed by atoms with Crippen LogP contribution in [-0.4, -0.2) is 38.4 Å². The van der Waals surface area contributed by atoms with Gasteiger partial charge in [-0.25, -0.2) is 9.89 Å². The zero-order valence-electron chi connectivity index (χ0n) is 15.5. The zero-order chi connectivity index (χ0) is 19.9. The number of halogens is 1. The van der Waals surface area contributed by atoms with Crippen LogP contribution in [0.5, 0.6) is 0 Å². The van der Waals surface area contributed by atoms with Crippen molar-refractivity contribution in [1.82, 2.24) is 19.7 Å².